The van der Waals surface area contributed by atoms with Crippen molar-refractivity contribution in [2.24, 2.45) is 5.73 Å². The summed E-state index contributed by atoms with van der Waals surface area (Å²) in [4.78, 5) is 0. The molecule has 0 aromatic heterocycles. The maximum absolute atomic E-state index is 5.87. The lowest BCUT2D eigenvalue weighted by Gasteiger charge is -2.10. The highest BCUT2D eigenvalue weighted by Gasteiger charge is 2.36. The average molecular weight is 175 g/mol. The van der Waals surface area contributed by atoms with Crippen molar-refractivity contribution in [2.75, 3.05) is 0 Å². The lowest BCUT2D eigenvalue weighted by atomic mass is 9.96. The molecule has 0 heterocycles. The molecular weight excluding hydrogens is 158 g/mol. The minimum absolute atomic E-state index is 0.417. The van der Waals surface area contributed by atoms with E-state index in [1.165, 1.54) is 28.7 Å². The zero-order valence-electron chi connectivity index (χ0n) is 8.59. The summed E-state index contributed by atoms with van der Waals surface area (Å²) in [7, 11) is 0. The number of rotatable bonds is 1. The zero-order valence-corrected chi connectivity index (χ0v) is 8.59. The monoisotopic (exact) mass is 175 g/mol. The summed E-state index contributed by atoms with van der Waals surface area (Å²) >= 11 is 0. The smallest absolute Gasteiger partial charge is 0.0115 e. The van der Waals surface area contributed by atoms with Crippen LogP contribution in [0.4, 0.5) is 0 Å². The van der Waals surface area contributed by atoms with E-state index in [9.17, 15) is 0 Å². The Morgan fingerprint density at radius 1 is 1.15 bits per heavy atom. The fourth-order valence-corrected chi connectivity index (χ4v) is 2.32. The van der Waals surface area contributed by atoms with Gasteiger partial charge in [-0.1, -0.05) is 17.7 Å². The van der Waals surface area contributed by atoms with Gasteiger partial charge in [0.1, 0.15) is 0 Å². The highest BCUT2D eigenvalue weighted by atomic mass is 14.7. The Hall–Kier alpha value is -0.820. The summed E-state index contributed by atoms with van der Waals surface area (Å²) in [6.07, 6.45) is 1.17. The van der Waals surface area contributed by atoms with Gasteiger partial charge in [-0.05, 0) is 43.9 Å². The molecule has 1 saturated carbocycles. The van der Waals surface area contributed by atoms with Crippen LogP contribution in [0, 0.1) is 20.8 Å². The van der Waals surface area contributed by atoms with Crippen molar-refractivity contribution < 1.29 is 0 Å². The molecule has 0 unspecified atom stereocenters. The van der Waals surface area contributed by atoms with Gasteiger partial charge in [0.25, 0.3) is 0 Å². The standard InChI is InChI=1S/C12H17N/c1-7-4-8(2)12(9(3)5-7)10-6-11(10)13/h4-5,10-11H,6,13H2,1-3H3/t10-,11-/m1/s1. The average Bonchev–Trinajstić information content (AvgIpc) is 2.64. The molecule has 1 heteroatoms. The molecule has 0 saturated heterocycles. The van der Waals surface area contributed by atoms with Crippen LogP contribution in [0.2, 0.25) is 0 Å². The van der Waals surface area contributed by atoms with Crippen molar-refractivity contribution in [1.29, 1.82) is 0 Å². The molecule has 1 fully saturated rings. The second-order valence-electron chi connectivity index (χ2n) is 4.32. The van der Waals surface area contributed by atoms with Crippen LogP contribution in [-0.2, 0) is 0 Å². The minimum Gasteiger partial charge on any atom is -0.327 e. The van der Waals surface area contributed by atoms with Gasteiger partial charge in [0.05, 0.1) is 0 Å². The van der Waals surface area contributed by atoms with Gasteiger partial charge >= 0.3 is 0 Å². The summed E-state index contributed by atoms with van der Waals surface area (Å²) < 4.78 is 0. The zero-order chi connectivity index (χ0) is 9.59. The van der Waals surface area contributed by atoms with Crippen molar-refractivity contribution in [3.63, 3.8) is 0 Å². The Balaban J connectivity index is 2.45. The lowest BCUT2D eigenvalue weighted by Crippen LogP contribution is -2.03. The largest absolute Gasteiger partial charge is 0.327 e. The van der Waals surface area contributed by atoms with Gasteiger partial charge in [-0.3, -0.25) is 0 Å². The number of benzene rings is 1. The Kier molecular flexibility index (Phi) is 1.92. The molecule has 1 aromatic carbocycles. The van der Waals surface area contributed by atoms with Gasteiger partial charge < -0.3 is 5.73 Å². The van der Waals surface area contributed by atoms with Gasteiger partial charge in [-0.25, -0.2) is 0 Å². The summed E-state index contributed by atoms with van der Waals surface area (Å²) in [5.74, 6) is 0.639. The van der Waals surface area contributed by atoms with E-state index in [0.717, 1.165) is 0 Å². The first-order chi connectivity index (χ1) is 6.09. The van der Waals surface area contributed by atoms with Crippen LogP contribution in [-0.4, -0.2) is 6.04 Å². The van der Waals surface area contributed by atoms with Crippen molar-refractivity contribution in [1.82, 2.24) is 0 Å². The van der Waals surface area contributed by atoms with Crippen LogP contribution < -0.4 is 5.73 Å². The molecule has 2 rings (SSSR count). The highest BCUT2D eigenvalue weighted by molar-refractivity contribution is 5.43. The number of hydrogen-bond acceptors (Lipinski definition) is 1. The highest BCUT2D eigenvalue weighted by Crippen LogP contribution is 2.42. The molecule has 1 aliphatic carbocycles. The van der Waals surface area contributed by atoms with Crippen LogP contribution in [0.1, 0.15) is 34.6 Å². The quantitative estimate of drug-likeness (QED) is 0.697. The molecule has 0 aliphatic heterocycles. The molecule has 1 nitrogen and oxygen atoms in total. The van der Waals surface area contributed by atoms with Crippen LogP contribution in [0.15, 0.2) is 12.1 Å². The van der Waals surface area contributed by atoms with E-state index in [-0.39, 0.29) is 0 Å². The third kappa shape index (κ3) is 1.49. The van der Waals surface area contributed by atoms with Crippen molar-refractivity contribution >= 4 is 0 Å². The summed E-state index contributed by atoms with van der Waals surface area (Å²) in [6.45, 7) is 6.54. The van der Waals surface area contributed by atoms with Gasteiger partial charge in [-0.15, -0.1) is 0 Å². The number of nitrogens with two attached hydrogens (primary N) is 1. The van der Waals surface area contributed by atoms with Crippen LogP contribution in [0.5, 0.6) is 0 Å². The second kappa shape index (κ2) is 2.85. The predicted molar refractivity (Wildman–Crippen MR) is 56.0 cm³/mol. The summed E-state index contributed by atoms with van der Waals surface area (Å²) in [5.41, 5.74) is 11.6. The molecule has 2 atom stereocenters. The van der Waals surface area contributed by atoms with E-state index in [0.29, 0.717) is 12.0 Å². The second-order valence-corrected chi connectivity index (χ2v) is 4.32. The molecule has 0 bridgehead atoms. The molecule has 1 aliphatic rings. The van der Waals surface area contributed by atoms with E-state index >= 15 is 0 Å². The molecule has 13 heavy (non-hydrogen) atoms. The summed E-state index contributed by atoms with van der Waals surface area (Å²) in [6, 6.07) is 4.93. The van der Waals surface area contributed by atoms with Crippen LogP contribution in [0.25, 0.3) is 0 Å². The molecule has 0 amide bonds. The molecule has 1 aromatic rings. The molecule has 0 spiro atoms. The third-order valence-electron chi connectivity index (χ3n) is 2.95. The maximum Gasteiger partial charge on any atom is 0.0115 e. The Morgan fingerprint density at radius 2 is 1.62 bits per heavy atom. The first-order valence-corrected chi connectivity index (χ1v) is 4.93. The third-order valence-corrected chi connectivity index (χ3v) is 2.95. The first kappa shape index (κ1) is 8.76. The molecule has 70 valence electrons. The van der Waals surface area contributed by atoms with E-state index < -0.39 is 0 Å². The molecule has 2 N–H and O–H groups in total. The van der Waals surface area contributed by atoms with Crippen molar-refractivity contribution in [2.45, 2.75) is 39.2 Å². The normalized spacial score (nSPS) is 26.2. The SMILES string of the molecule is Cc1cc(C)c([C@@H]2C[C@H]2N)c(C)c1. The molecular formula is C12H17N. The summed E-state index contributed by atoms with van der Waals surface area (Å²) in [5, 5.41) is 0. The van der Waals surface area contributed by atoms with E-state index in [4.69, 9.17) is 5.73 Å². The van der Waals surface area contributed by atoms with Gasteiger partial charge in [0.2, 0.25) is 0 Å². The van der Waals surface area contributed by atoms with Gasteiger partial charge in [-0.2, -0.15) is 0 Å². The van der Waals surface area contributed by atoms with Crippen LogP contribution in [0.3, 0.4) is 0 Å². The molecule has 0 radical (unpaired) electrons. The van der Waals surface area contributed by atoms with E-state index in [2.05, 4.69) is 32.9 Å². The Labute approximate surface area is 80.0 Å². The van der Waals surface area contributed by atoms with Crippen molar-refractivity contribution in [3.8, 4) is 0 Å². The predicted octanol–water partition coefficient (Wildman–Crippen LogP) is 2.43. The van der Waals surface area contributed by atoms with E-state index in [1.54, 1.807) is 0 Å². The van der Waals surface area contributed by atoms with Gasteiger partial charge in [0, 0.05) is 12.0 Å². The first-order valence-electron chi connectivity index (χ1n) is 4.93. The Morgan fingerprint density at radius 3 is 2.00 bits per heavy atom. The van der Waals surface area contributed by atoms with Crippen molar-refractivity contribution in [3.05, 3.63) is 34.4 Å². The lowest BCUT2D eigenvalue weighted by molar-refractivity contribution is 0.967. The fraction of sp³-hybridized carbons (Fsp3) is 0.500. The maximum atomic E-state index is 5.87. The van der Waals surface area contributed by atoms with E-state index in [1.807, 2.05) is 0 Å². The number of hydrogen-bond donors (Lipinski definition) is 1. The topological polar surface area (TPSA) is 26.0 Å². The van der Waals surface area contributed by atoms with Crippen LogP contribution >= 0.6 is 0 Å². The van der Waals surface area contributed by atoms with Gasteiger partial charge in [0.15, 0.2) is 0 Å². The number of aryl methyl sites for hydroxylation is 3. The minimum atomic E-state index is 0.417. The Bertz CT molecular complexity index is 318. The fourth-order valence-electron chi connectivity index (χ4n) is 2.32.